The molecule has 0 saturated carbocycles. The van der Waals surface area contributed by atoms with Gasteiger partial charge in [0.25, 0.3) is 5.56 Å². The van der Waals surface area contributed by atoms with Gasteiger partial charge in [-0.25, -0.2) is 14.8 Å². The van der Waals surface area contributed by atoms with Crippen LogP contribution in [0.3, 0.4) is 0 Å². The molecule has 2 aromatic heterocycles. The van der Waals surface area contributed by atoms with Crippen LogP contribution in [0.25, 0.3) is 11.2 Å². The number of aromatic nitrogens is 4. The molecular weight excluding hydrogens is 358 g/mol. The average molecular weight is 373 g/mol. The zero-order chi connectivity index (χ0) is 18.7. The zero-order valence-corrected chi connectivity index (χ0v) is 14.8. The number of nitrogens with one attached hydrogen (secondary N) is 2. The third kappa shape index (κ3) is 3.45. The van der Waals surface area contributed by atoms with E-state index in [2.05, 4.69) is 20.3 Å². The number of esters is 1. The maximum atomic E-state index is 12.2. The molecule has 1 amide bonds. The van der Waals surface area contributed by atoms with Gasteiger partial charge >= 0.3 is 5.97 Å². The maximum Gasteiger partial charge on any atom is 0.339 e. The Hall–Kier alpha value is -3.14. The molecule has 3 rings (SSSR count). The van der Waals surface area contributed by atoms with Crippen molar-refractivity contribution in [2.24, 2.45) is 7.05 Å². The number of anilines is 1. The van der Waals surface area contributed by atoms with Crippen LogP contribution in [0.1, 0.15) is 10.4 Å². The van der Waals surface area contributed by atoms with Gasteiger partial charge in [0.1, 0.15) is 0 Å². The lowest BCUT2D eigenvalue weighted by molar-refractivity contribution is -0.113. The molecule has 134 valence electrons. The van der Waals surface area contributed by atoms with E-state index in [1.54, 1.807) is 35.9 Å². The first-order valence-electron chi connectivity index (χ1n) is 7.51. The fourth-order valence-electron chi connectivity index (χ4n) is 2.32. The van der Waals surface area contributed by atoms with Gasteiger partial charge in [0.05, 0.1) is 30.4 Å². The second-order valence-corrected chi connectivity index (χ2v) is 6.17. The summed E-state index contributed by atoms with van der Waals surface area (Å²) >= 11 is 1.16. The number of fused-ring (bicyclic) bond motifs is 1. The van der Waals surface area contributed by atoms with Crippen molar-refractivity contribution in [3.8, 4) is 0 Å². The van der Waals surface area contributed by atoms with Crippen LogP contribution in [0.4, 0.5) is 5.69 Å². The Morgan fingerprint density at radius 1 is 1.35 bits per heavy atom. The van der Waals surface area contributed by atoms with E-state index in [4.69, 9.17) is 4.74 Å². The summed E-state index contributed by atoms with van der Waals surface area (Å²) in [5.74, 6) is -0.806. The molecule has 1 aromatic carbocycles. The number of aromatic amines is 1. The van der Waals surface area contributed by atoms with Crippen LogP contribution in [0, 0.1) is 0 Å². The van der Waals surface area contributed by atoms with E-state index >= 15 is 0 Å². The monoisotopic (exact) mass is 373 g/mol. The van der Waals surface area contributed by atoms with Gasteiger partial charge in [-0.2, -0.15) is 0 Å². The molecule has 0 unspecified atom stereocenters. The number of benzene rings is 1. The molecule has 2 N–H and O–H groups in total. The summed E-state index contributed by atoms with van der Waals surface area (Å²) in [5, 5.41) is 3.17. The third-order valence-corrected chi connectivity index (χ3v) is 4.59. The summed E-state index contributed by atoms with van der Waals surface area (Å²) < 4.78 is 6.34. The molecule has 0 atom stereocenters. The number of H-pyrrole nitrogens is 1. The highest BCUT2D eigenvalue weighted by Gasteiger charge is 2.16. The second kappa shape index (κ2) is 7.40. The van der Waals surface area contributed by atoms with Crippen molar-refractivity contribution >= 4 is 40.5 Å². The van der Waals surface area contributed by atoms with Crippen molar-refractivity contribution in [1.82, 2.24) is 19.5 Å². The Kier molecular flexibility index (Phi) is 5.03. The Bertz CT molecular complexity index is 1040. The number of ether oxygens (including phenoxy) is 1. The molecule has 3 aromatic rings. The van der Waals surface area contributed by atoms with Gasteiger partial charge in [-0.1, -0.05) is 23.9 Å². The highest BCUT2D eigenvalue weighted by Crippen LogP contribution is 2.21. The quantitative estimate of drug-likeness (QED) is 0.509. The molecule has 0 bridgehead atoms. The molecule has 26 heavy (non-hydrogen) atoms. The number of methoxy groups -OCH3 is 1. The van der Waals surface area contributed by atoms with Crippen LogP contribution in [0.15, 0.2) is 40.5 Å². The lowest BCUT2D eigenvalue weighted by Gasteiger charge is -2.09. The van der Waals surface area contributed by atoms with Crippen LogP contribution in [0.5, 0.6) is 0 Å². The fraction of sp³-hybridized carbons (Fsp3) is 0.188. The largest absolute Gasteiger partial charge is 0.465 e. The number of amides is 1. The molecule has 0 aliphatic carbocycles. The SMILES string of the molecule is COC(=O)c1ccccc1NC(=O)CSc1nc2c(=O)[nH]cnc2n1C. The van der Waals surface area contributed by atoms with E-state index in [1.807, 2.05) is 0 Å². The van der Waals surface area contributed by atoms with Crippen LogP contribution < -0.4 is 10.9 Å². The molecular formula is C16H15N5O4S. The van der Waals surface area contributed by atoms with Gasteiger partial charge in [-0.15, -0.1) is 0 Å². The number of carbonyl (C=O) groups is 2. The molecule has 2 heterocycles. The molecule has 0 fully saturated rings. The van der Waals surface area contributed by atoms with E-state index < -0.39 is 5.97 Å². The Balaban J connectivity index is 1.73. The average Bonchev–Trinajstić information content (AvgIpc) is 2.97. The minimum atomic E-state index is -0.533. The van der Waals surface area contributed by atoms with Gasteiger partial charge in [-0.05, 0) is 12.1 Å². The van der Waals surface area contributed by atoms with Gasteiger partial charge in [0.15, 0.2) is 16.3 Å². The minimum Gasteiger partial charge on any atom is -0.465 e. The minimum absolute atomic E-state index is 0.0462. The predicted octanol–water partition coefficient (Wildman–Crippen LogP) is 1.17. The number of hydrogen-bond acceptors (Lipinski definition) is 7. The molecule has 0 radical (unpaired) electrons. The lowest BCUT2D eigenvalue weighted by atomic mass is 10.2. The molecule has 10 heteroatoms. The van der Waals surface area contributed by atoms with Crippen molar-refractivity contribution in [2.75, 3.05) is 18.2 Å². The van der Waals surface area contributed by atoms with Crippen molar-refractivity contribution in [1.29, 1.82) is 0 Å². The molecule has 9 nitrogen and oxygen atoms in total. The van der Waals surface area contributed by atoms with Crippen LogP contribution >= 0.6 is 11.8 Å². The van der Waals surface area contributed by atoms with Crippen molar-refractivity contribution in [3.05, 3.63) is 46.5 Å². The highest BCUT2D eigenvalue weighted by molar-refractivity contribution is 7.99. The maximum absolute atomic E-state index is 12.2. The van der Waals surface area contributed by atoms with E-state index in [0.29, 0.717) is 16.5 Å². The van der Waals surface area contributed by atoms with E-state index in [9.17, 15) is 14.4 Å². The lowest BCUT2D eigenvalue weighted by Crippen LogP contribution is -2.17. The number of hydrogen-bond donors (Lipinski definition) is 2. The van der Waals surface area contributed by atoms with Crippen molar-refractivity contribution < 1.29 is 14.3 Å². The van der Waals surface area contributed by atoms with Crippen LogP contribution in [0.2, 0.25) is 0 Å². The Morgan fingerprint density at radius 2 is 2.12 bits per heavy atom. The number of rotatable bonds is 5. The third-order valence-electron chi connectivity index (χ3n) is 3.56. The van der Waals surface area contributed by atoms with Gasteiger partial charge in [0, 0.05) is 7.05 Å². The first-order chi connectivity index (χ1) is 12.5. The fourth-order valence-corrected chi connectivity index (χ4v) is 3.08. The summed E-state index contributed by atoms with van der Waals surface area (Å²) in [5.41, 5.74) is 0.954. The van der Waals surface area contributed by atoms with E-state index in [1.165, 1.54) is 13.4 Å². The smallest absolute Gasteiger partial charge is 0.339 e. The first-order valence-corrected chi connectivity index (χ1v) is 8.50. The number of imidazole rings is 1. The Morgan fingerprint density at radius 3 is 2.85 bits per heavy atom. The summed E-state index contributed by atoms with van der Waals surface area (Å²) in [6, 6.07) is 6.57. The summed E-state index contributed by atoms with van der Waals surface area (Å²) in [6.07, 6.45) is 1.30. The molecule has 0 aliphatic heterocycles. The van der Waals surface area contributed by atoms with Gasteiger partial charge in [0.2, 0.25) is 5.91 Å². The van der Waals surface area contributed by atoms with Crippen molar-refractivity contribution in [3.63, 3.8) is 0 Å². The number of nitrogens with zero attached hydrogens (tertiary/aromatic N) is 3. The number of thioether (sulfide) groups is 1. The summed E-state index contributed by atoms with van der Waals surface area (Å²) in [4.78, 5) is 46.5. The van der Waals surface area contributed by atoms with E-state index in [0.717, 1.165) is 11.8 Å². The zero-order valence-electron chi connectivity index (χ0n) is 14.0. The number of aryl methyl sites for hydroxylation is 1. The summed E-state index contributed by atoms with van der Waals surface area (Å²) in [7, 11) is 2.99. The summed E-state index contributed by atoms with van der Waals surface area (Å²) in [6.45, 7) is 0. The second-order valence-electron chi connectivity index (χ2n) is 5.23. The normalized spacial score (nSPS) is 10.7. The molecule has 0 aliphatic rings. The number of carbonyl (C=O) groups excluding carboxylic acids is 2. The Labute approximate surface area is 151 Å². The predicted molar refractivity (Wildman–Crippen MR) is 96.3 cm³/mol. The standard InChI is InChI=1S/C16H15N5O4S/c1-21-13-12(14(23)18-8-17-13)20-16(21)26-7-11(22)19-10-6-4-3-5-9(10)15(24)25-2/h3-6,8H,7H2,1-2H3,(H,19,22)(H,17,18,23). The molecule has 0 saturated heterocycles. The highest BCUT2D eigenvalue weighted by atomic mass is 32.2. The topological polar surface area (TPSA) is 119 Å². The van der Waals surface area contributed by atoms with Gasteiger partial charge in [-0.3, -0.25) is 9.59 Å². The van der Waals surface area contributed by atoms with Crippen molar-refractivity contribution in [2.45, 2.75) is 5.16 Å². The van der Waals surface area contributed by atoms with E-state index in [-0.39, 0.29) is 28.3 Å². The molecule has 0 spiro atoms. The number of para-hydroxylation sites is 1. The van der Waals surface area contributed by atoms with Crippen LogP contribution in [-0.2, 0) is 16.6 Å². The first kappa shape index (κ1) is 17.7. The van der Waals surface area contributed by atoms with Crippen LogP contribution in [-0.4, -0.2) is 44.3 Å². The van der Waals surface area contributed by atoms with Gasteiger partial charge < -0.3 is 19.6 Å².